The summed E-state index contributed by atoms with van der Waals surface area (Å²) < 4.78 is 10.4. The number of esters is 1. The molecular weight excluding hydrogens is 296 g/mol. The molecule has 1 unspecified atom stereocenters. The van der Waals surface area contributed by atoms with Crippen LogP contribution in [0.2, 0.25) is 19.6 Å². The second-order valence-corrected chi connectivity index (χ2v) is 11.0. The van der Waals surface area contributed by atoms with Crippen molar-refractivity contribution in [2.24, 2.45) is 11.8 Å². The number of hydrogen-bond donors (Lipinski definition) is 0. The minimum absolute atomic E-state index is 0.0993. The smallest absolute Gasteiger partial charge is 0.320 e. The van der Waals surface area contributed by atoms with Crippen LogP contribution in [-0.2, 0) is 18.8 Å². The molecule has 0 bridgehead atoms. The molecule has 22 heavy (non-hydrogen) atoms. The highest BCUT2D eigenvalue weighted by atomic mass is 28.4. The van der Waals surface area contributed by atoms with Crippen molar-refractivity contribution in [3.63, 3.8) is 0 Å². The lowest BCUT2D eigenvalue weighted by atomic mass is 9.85. The molecule has 0 saturated carbocycles. The molecule has 1 aliphatic carbocycles. The SMILES string of the molecule is CC/C=C\CC1=CCC[C@@H]1C(C(=O)OC)C(=O)O[Si](C)(C)C. The van der Waals surface area contributed by atoms with Crippen molar-refractivity contribution in [1.29, 1.82) is 0 Å². The maximum absolute atomic E-state index is 12.5. The van der Waals surface area contributed by atoms with Crippen LogP contribution in [0.25, 0.3) is 0 Å². The highest BCUT2D eigenvalue weighted by Crippen LogP contribution is 2.36. The first-order chi connectivity index (χ1) is 10.3. The van der Waals surface area contributed by atoms with Crippen LogP contribution in [0.15, 0.2) is 23.8 Å². The molecule has 0 aromatic heterocycles. The molecule has 4 nitrogen and oxygen atoms in total. The van der Waals surface area contributed by atoms with E-state index in [4.69, 9.17) is 9.16 Å². The third-order valence-corrected chi connectivity index (χ3v) is 4.45. The van der Waals surface area contributed by atoms with Gasteiger partial charge in [0.15, 0.2) is 5.92 Å². The van der Waals surface area contributed by atoms with Gasteiger partial charge in [0.2, 0.25) is 8.32 Å². The molecule has 0 heterocycles. The van der Waals surface area contributed by atoms with Crippen molar-refractivity contribution in [2.45, 2.75) is 52.2 Å². The van der Waals surface area contributed by atoms with Gasteiger partial charge in [0, 0.05) is 5.92 Å². The van der Waals surface area contributed by atoms with Crippen molar-refractivity contribution in [3.8, 4) is 0 Å². The Bertz CT molecular complexity index is 460. The number of allylic oxidation sites excluding steroid dienone is 4. The molecule has 2 atom stereocenters. The van der Waals surface area contributed by atoms with Crippen LogP contribution in [0.5, 0.6) is 0 Å². The lowest BCUT2D eigenvalue weighted by molar-refractivity contribution is -0.157. The van der Waals surface area contributed by atoms with Gasteiger partial charge < -0.3 is 9.16 Å². The summed E-state index contributed by atoms with van der Waals surface area (Å²) >= 11 is 0. The molecule has 0 aromatic carbocycles. The van der Waals surface area contributed by atoms with E-state index in [1.807, 2.05) is 19.6 Å². The van der Waals surface area contributed by atoms with Crippen LogP contribution >= 0.6 is 0 Å². The maximum atomic E-state index is 12.5. The van der Waals surface area contributed by atoms with Crippen molar-refractivity contribution in [2.75, 3.05) is 7.11 Å². The molecule has 0 amide bonds. The van der Waals surface area contributed by atoms with E-state index in [2.05, 4.69) is 25.2 Å². The van der Waals surface area contributed by atoms with Gasteiger partial charge in [-0.1, -0.05) is 30.7 Å². The first-order valence-corrected chi connectivity index (χ1v) is 11.4. The Morgan fingerprint density at radius 2 is 2.00 bits per heavy atom. The fourth-order valence-corrected chi connectivity index (χ4v) is 3.43. The largest absolute Gasteiger partial charge is 0.519 e. The lowest BCUT2D eigenvalue weighted by Crippen LogP contribution is -2.39. The number of methoxy groups -OCH3 is 1. The van der Waals surface area contributed by atoms with E-state index in [0.717, 1.165) is 31.3 Å². The summed E-state index contributed by atoms with van der Waals surface area (Å²) in [6.45, 7) is 7.90. The number of rotatable bonds is 7. The molecule has 0 N–H and O–H groups in total. The first kappa shape index (κ1) is 18.7. The van der Waals surface area contributed by atoms with Gasteiger partial charge in [0.25, 0.3) is 0 Å². The topological polar surface area (TPSA) is 52.6 Å². The Morgan fingerprint density at radius 3 is 2.55 bits per heavy atom. The Labute approximate surface area is 134 Å². The van der Waals surface area contributed by atoms with E-state index in [1.165, 1.54) is 7.11 Å². The highest BCUT2D eigenvalue weighted by molar-refractivity contribution is 6.71. The van der Waals surface area contributed by atoms with Gasteiger partial charge in [-0.3, -0.25) is 9.59 Å². The molecule has 0 fully saturated rings. The summed E-state index contributed by atoms with van der Waals surface area (Å²) in [4.78, 5) is 24.6. The quantitative estimate of drug-likeness (QED) is 0.309. The van der Waals surface area contributed by atoms with Gasteiger partial charge in [0.1, 0.15) is 0 Å². The molecule has 5 heteroatoms. The van der Waals surface area contributed by atoms with Crippen molar-refractivity contribution >= 4 is 20.3 Å². The zero-order valence-electron chi connectivity index (χ0n) is 14.3. The Morgan fingerprint density at radius 1 is 1.32 bits per heavy atom. The molecule has 0 radical (unpaired) electrons. The van der Waals surface area contributed by atoms with E-state index in [0.29, 0.717) is 0 Å². The normalized spacial score (nSPS) is 19.9. The van der Waals surface area contributed by atoms with Crippen LogP contribution in [0, 0.1) is 11.8 Å². The Balaban J connectivity index is 2.92. The first-order valence-electron chi connectivity index (χ1n) is 7.94. The summed E-state index contributed by atoms with van der Waals surface area (Å²) in [6, 6.07) is 0. The predicted molar refractivity (Wildman–Crippen MR) is 89.8 cm³/mol. The van der Waals surface area contributed by atoms with Crippen molar-refractivity contribution in [3.05, 3.63) is 23.8 Å². The number of carbonyl (C=O) groups excluding carboxylic acids is 2. The minimum atomic E-state index is -2.04. The van der Waals surface area contributed by atoms with Gasteiger partial charge in [0.05, 0.1) is 7.11 Å². The summed E-state index contributed by atoms with van der Waals surface area (Å²) in [5.74, 6) is -1.85. The van der Waals surface area contributed by atoms with E-state index >= 15 is 0 Å². The van der Waals surface area contributed by atoms with Gasteiger partial charge in [-0.25, -0.2) is 0 Å². The minimum Gasteiger partial charge on any atom is -0.519 e. The summed E-state index contributed by atoms with van der Waals surface area (Å²) in [7, 11) is -0.711. The fraction of sp³-hybridized carbons (Fsp3) is 0.647. The number of ether oxygens (including phenoxy) is 1. The summed E-state index contributed by atoms with van der Waals surface area (Å²) in [5.41, 5.74) is 1.15. The molecule has 1 aliphatic rings. The second kappa shape index (κ2) is 8.32. The van der Waals surface area contributed by atoms with E-state index in [-0.39, 0.29) is 5.92 Å². The van der Waals surface area contributed by atoms with Gasteiger partial charge >= 0.3 is 11.9 Å². The maximum Gasteiger partial charge on any atom is 0.320 e. The molecule has 1 rings (SSSR count). The Kier molecular flexibility index (Phi) is 7.06. The average molecular weight is 324 g/mol. The zero-order chi connectivity index (χ0) is 16.8. The van der Waals surface area contributed by atoms with E-state index in [1.54, 1.807) is 0 Å². The summed E-state index contributed by atoms with van der Waals surface area (Å²) in [5, 5.41) is 0. The monoisotopic (exact) mass is 324 g/mol. The standard InChI is InChI=1S/C17H28O4Si/c1-6-7-8-10-13-11-9-12-14(13)15(16(18)20-2)17(19)21-22(3,4)5/h7-8,11,14-15H,6,9-10,12H2,1-5H3/b8-7-/t14-,15?/m0/s1. The van der Waals surface area contributed by atoms with Gasteiger partial charge in [-0.2, -0.15) is 0 Å². The predicted octanol–water partition coefficient (Wildman–Crippen LogP) is 3.85. The van der Waals surface area contributed by atoms with Crippen LogP contribution < -0.4 is 0 Å². The molecule has 0 spiro atoms. The number of hydrogen-bond acceptors (Lipinski definition) is 4. The van der Waals surface area contributed by atoms with E-state index < -0.39 is 26.2 Å². The molecule has 0 saturated heterocycles. The zero-order valence-corrected chi connectivity index (χ0v) is 15.3. The third-order valence-electron chi connectivity index (χ3n) is 3.63. The molecular formula is C17H28O4Si. The van der Waals surface area contributed by atoms with Crippen molar-refractivity contribution in [1.82, 2.24) is 0 Å². The third kappa shape index (κ3) is 5.44. The van der Waals surface area contributed by atoms with Crippen LogP contribution in [0.1, 0.15) is 32.6 Å². The average Bonchev–Trinajstić information content (AvgIpc) is 2.85. The second-order valence-electron chi connectivity index (χ2n) is 6.58. The molecule has 0 aliphatic heterocycles. The number of carbonyl (C=O) groups is 2. The Hall–Kier alpha value is -1.36. The van der Waals surface area contributed by atoms with E-state index in [9.17, 15) is 9.59 Å². The summed E-state index contributed by atoms with van der Waals surface area (Å²) in [6.07, 6.45) is 9.81. The van der Waals surface area contributed by atoms with Crippen LogP contribution in [0.4, 0.5) is 0 Å². The molecule has 124 valence electrons. The lowest BCUT2D eigenvalue weighted by Gasteiger charge is -2.26. The van der Waals surface area contributed by atoms with Crippen LogP contribution in [-0.4, -0.2) is 27.4 Å². The highest BCUT2D eigenvalue weighted by Gasteiger charge is 2.41. The molecule has 0 aromatic rings. The van der Waals surface area contributed by atoms with Gasteiger partial charge in [-0.05, 0) is 45.3 Å². The van der Waals surface area contributed by atoms with Crippen molar-refractivity contribution < 1.29 is 18.8 Å². The fourth-order valence-electron chi connectivity index (χ4n) is 2.70. The van der Waals surface area contributed by atoms with Gasteiger partial charge in [-0.15, -0.1) is 0 Å². The van der Waals surface area contributed by atoms with Crippen LogP contribution in [0.3, 0.4) is 0 Å².